The number of hydrogen-bond acceptors (Lipinski definition) is 2. The zero-order valence-corrected chi connectivity index (χ0v) is 18.2. The Labute approximate surface area is 184 Å². The number of carboxylic acid groups (broad SMARTS) is 1. The van der Waals surface area contributed by atoms with Crippen molar-refractivity contribution in [2.24, 2.45) is 0 Å². The lowest BCUT2D eigenvalue weighted by molar-refractivity contribution is 0.0698. The highest BCUT2D eigenvalue weighted by Gasteiger charge is 2.28. The molecular formula is C27H30N2O2. The van der Waals surface area contributed by atoms with E-state index in [-0.39, 0.29) is 0 Å². The van der Waals surface area contributed by atoms with Crippen LogP contribution >= 0.6 is 0 Å². The molecule has 0 saturated carbocycles. The van der Waals surface area contributed by atoms with E-state index in [1.807, 2.05) is 30.3 Å². The van der Waals surface area contributed by atoms with Crippen molar-refractivity contribution in [1.82, 2.24) is 4.57 Å². The maximum absolute atomic E-state index is 12.1. The van der Waals surface area contributed by atoms with Crippen molar-refractivity contribution in [2.75, 3.05) is 0 Å². The molecule has 1 aromatic heterocycles. The van der Waals surface area contributed by atoms with Crippen molar-refractivity contribution in [1.29, 1.82) is 5.26 Å². The van der Waals surface area contributed by atoms with Crippen LogP contribution in [0.4, 0.5) is 0 Å². The topological polar surface area (TPSA) is 66.0 Å². The van der Waals surface area contributed by atoms with Gasteiger partial charge in [0.25, 0.3) is 0 Å². The Morgan fingerprint density at radius 3 is 2.81 bits per heavy atom. The van der Waals surface area contributed by atoms with Crippen LogP contribution in [-0.4, -0.2) is 15.6 Å². The number of hydrogen-bond donors (Lipinski definition) is 1. The summed E-state index contributed by atoms with van der Waals surface area (Å²) in [6, 6.07) is 15.6. The zero-order chi connectivity index (χ0) is 21.8. The molecule has 4 nitrogen and oxygen atoms in total. The van der Waals surface area contributed by atoms with Crippen LogP contribution in [0, 0.1) is 11.3 Å². The van der Waals surface area contributed by atoms with Gasteiger partial charge in [0, 0.05) is 17.6 Å². The van der Waals surface area contributed by atoms with Gasteiger partial charge in [-0.3, -0.25) is 0 Å². The Hall–Kier alpha value is -3.06. The molecule has 4 rings (SSSR count). The summed E-state index contributed by atoms with van der Waals surface area (Å²) in [4.78, 5) is 12.1. The van der Waals surface area contributed by atoms with Crippen LogP contribution in [0.5, 0.6) is 0 Å². The van der Waals surface area contributed by atoms with E-state index in [1.54, 1.807) is 6.07 Å². The van der Waals surface area contributed by atoms with Crippen LogP contribution in [0.3, 0.4) is 0 Å². The molecular weight excluding hydrogens is 384 g/mol. The van der Waals surface area contributed by atoms with Gasteiger partial charge < -0.3 is 9.67 Å². The van der Waals surface area contributed by atoms with Crippen LogP contribution in [0.2, 0.25) is 0 Å². The van der Waals surface area contributed by atoms with E-state index in [2.05, 4.69) is 23.6 Å². The third kappa shape index (κ3) is 4.23. The van der Waals surface area contributed by atoms with Gasteiger partial charge in [0.2, 0.25) is 0 Å². The zero-order valence-electron chi connectivity index (χ0n) is 18.2. The Balaban J connectivity index is 1.90. The van der Waals surface area contributed by atoms with Crippen LogP contribution < -0.4 is 0 Å². The van der Waals surface area contributed by atoms with Crippen molar-refractivity contribution in [3.63, 3.8) is 0 Å². The second-order valence-electron chi connectivity index (χ2n) is 8.70. The molecule has 0 spiro atoms. The van der Waals surface area contributed by atoms with Gasteiger partial charge >= 0.3 is 5.97 Å². The molecule has 0 saturated heterocycles. The fraction of sp³-hybridized carbons (Fsp3) is 0.407. The Morgan fingerprint density at radius 1 is 1.19 bits per heavy atom. The maximum atomic E-state index is 12.1. The monoisotopic (exact) mass is 414 g/mol. The molecule has 2 aromatic carbocycles. The lowest BCUT2D eigenvalue weighted by Crippen LogP contribution is -2.09. The van der Waals surface area contributed by atoms with Gasteiger partial charge in [-0.2, -0.15) is 5.26 Å². The molecule has 1 atom stereocenters. The largest absolute Gasteiger partial charge is 0.478 e. The number of rotatable bonds is 7. The summed E-state index contributed by atoms with van der Waals surface area (Å²) in [6.45, 7) is 2.83. The van der Waals surface area contributed by atoms with Crippen molar-refractivity contribution in [3.8, 4) is 6.07 Å². The minimum absolute atomic E-state index is 0.370. The normalized spacial score (nSPS) is 15.9. The smallest absolute Gasteiger partial charge is 0.337 e. The van der Waals surface area contributed by atoms with Crippen molar-refractivity contribution in [3.05, 3.63) is 70.4 Å². The summed E-state index contributed by atoms with van der Waals surface area (Å²) in [7, 11) is 0. The van der Waals surface area contributed by atoms with Crippen molar-refractivity contribution >= 4 is 16.9 Å². The van der Waals surface area contributed by atoms with E-state index >= 15 is 0 Å². The number of fused-ring (bicyclic) bond motifs is 3. The number of carbonyl (C=O) groups is 1. The van der Waals surface area contributed by atoms with Gasteiger partial charge in [-0.25, -0.2) is 4.79 Å². The van der Waals surface area contributed by atoms with E-state index < -0.39 is 5.97 Å². The van der Waals surface area contributed by atoms with E-state index in [1.165, 1.54) is 49.8 Å². The minimum Gasteiger partial charge on any atom is -0.478 e. The van der Waals surface area contributed by atoms with Gasteiger partial charge in [-0.15, -0.1) is 0 Å². The predicted molar refractivity (Wildman–Crippen MR) is 124 cm³/mol. The second-order valence-corrected chi connectivity index (χ2v) is 8.70. The number of para-hydroxylation sites is 1. The first-order valence-electron chi connectivity index (χ1n) is 11.5. The predicted octanol–water partition coefficient (Wildman–Crippen LogP) is 6.65. The lowest BCUT2D eigenvalue weighted by Gasteiger charge is -2.16. The molecule has 1 unspecified atom stereocenters. The van der Waals surface area contributed by atoms with Gasteiger partial charge in [-0.05, 0) is 60.9 Å². The number of nitrogens with zero attached hydrogens (tertiary/aromatic N) is 2. The summed E-state index contributed by atoms with van der Waals surface area (Å²) >= 11 is 0. The number of nitriles is 1. The number of unbranched alkanes of at least 4 members (excludes halogenated alkanes) is 2. The average molecular weight is 415 g/mol. The number of aromatic nitrogens is 1. The molecule has 1 aliphatic carbocycles. The van der Waals surface area contributed by atoms with Gasteiger partial charge in [0.05, 0.1) is 22.7 Å². The minimum atomic E-state index is -0.882. The second kappa shape index (κ2) is 9.39. The molecule has 4 heteroatoms. The first-order valence-corrected chi connectivity index (χ1v) is 11.5. The van der Waals surface area contributed by atoms with E-state index in [0.717, 1.165) is 29.3 Å². The van der Waals surface area contributed by atoms with Crippen LogP contribution in [0.25, 0.3) is 10.9 Å². The SMILES string of the molecule is CCCCCC1CCCCc2c1c1cccc(C(=O)O)c1n2Cc1cccc(C#N)c1. The van der Waals surface area contributed by atoms with Gasteiger partial charge in [0.1, 0.15) is 0 Å². The molecule has 0 aliphatic heterocycles. The number of carboxylic acids is 1. The first-order chi connectivity index (χ1) is 15.1. The summed E-state index contributed by atoms with van der Waals surface area (Å²) in [5, 5.41) is 20.4. The third-order valence-electron chi connectivity index (χ3n) is 6.64. The molecule has 0 radical (unpaired) electrons. The fourth-order valence-corrected chi connectivity index (χ4v) is 5.24. The van der Waals surface area contributed by atoms with Gasteiger partial charge in [0.15, 0.2) is 0 Å². The molecule has 0 bridgehead atoms. The van der Waals surface area contributed by atoms with Crippen molar-refractivity contribution < 1.29 is 9.90 Å². The Bertz CT molecular complexity index is 1140. The van der Waals surface area contributed by atoms with Crippen molar-refractivity contribution in [2.45, 2.75) is 70.8 Å². The highest BCUT2D eigenvalue weighted by atomic mass is 16.4. The van der Waals surface area contributed by atoms with Crippen LogP contribution in [0.15, 0.2) is 42.5 Å². The number of aromatic carboxylic acids is 1. The first kappa shape index (κ1) is 21.2. The van der Waals surface area contributed by atoms with Crippen LogP contribution in [0.1, 0.15) is 90.5 Å². The summed E-state index contributed by atoms with van der Waals surface area (Å²) < 4.78 is 2.24. The molecule has 31 heavy (non-hydrogen) atoms. The van der Waals surface area contributed by atoms with E-state index in [0.29, 0.717) is 23.6 Å². The van der Waals surface area contributed by atoms with E-state index in [9.17, 15) is 15.2 Å². The summed E-state index contributed by atoms with van der Waals surface area (Å²) in [5.74, 6) is -0.393. The highest BCUT2D eigenvalue weighted by molar-refractivity contribution is 6.04. The standard InChI is InChI=1S/C27H30N2O2/c1-2-3-4-11-21-12-5-6-15-24-25(21)22-13-8-14-23(27(30)31)26(22)29(24)18-20-10-7-9-19(16-20)17-28/h7-10,13-14,16,21H,2-6,11-12,15,18H2,1H3,(H,30,31). The van der Waals surface area contributed by atoms with E-state index in [4.69, 9.17) is 0 Å². The van der Waals surface area contributed by atoms with Gasteiger partial charge in [-0.1, -0.05) is 56.9 Å². The summed E-state index contributed by atoms with van der Waals surface area (Å²) in [5.41, 5.74) is 5.55. The lowest BCUT2D eigenvalue weighted by atomic mass is 9.88. The van der Waals surface area contributed by atoms with Crippen LogP contribution in [-0.2, 0) is 13.0 Å². The molecule has 3 aromatic rings. The maximum Gasteiger partial charge on any atom is 0.337 e. The number of benzene rings is 2. The quantitative estimate of drug-likeness (QED) is 0.348. The molecule has 0 amide bonds. The molecule has 160 valence electrons. The fourth-order valence-electron chi connectivity index (χ4n) is 5.24. The molecule has 0 fully saturated rings. The molecule has 1 heterocycles. The highest BCUT2D eigenvalue weighted by Crippen LogP contribution is 2.42. The summed E-state index contributed by atoms with van der Waals surface area (Å²) in [6.07, 6.45) is 9.34. The molecule has 1 N–H and O–H groups in total. The average Bonchev–Trinajstić information content (AvgIpc) is 2.93. The third-order valence-corrected chi connectivity index (χ3v) is 6.64. The Kier molecular flexibility index (Phi) is 6.42. The Morgan fingerprint density at radius 2 is 2.03 bits per heavy atom. The molecule has 1 aliphatic rings.